The van der Waals surface area contributed by atoms with Crippen LogP contribution in [0.2, 0.25) is 0 Å². The molecule has 0 spiro atoms. The van der Waals surface area contributed by atoms with E-state index in [0.717, 1.165) is 24.0 Å². The lowest BCUT2D eigenvalue weighted by molar-refractivity contribution is -0.121. The van der Waals surface area contributed by atoms with Crippen molar-refractivity contribution >= 4 is 11.9 Å². The third-order valence-electron chi connectivity index (χ3n) is 3.05. The van der Waals surface area contributed by atoms with E-state index in [1.54, 1.807) is 7.11 Å². The van der Waals surface area contributed by atoms with Gasteiger partial charge in [0.05, 0.1) is 6.10 Å². The van der Waals surface area contributed by atoms with E-state index in [0.29, 0.717) is 6.42 Å². The number of Topliss-reactive ketones (excluding diaryl/α,β-unsaturated/α-hetero) is 1. The lowest BCUT2D eigenvalue weighted by Gasteiger charge is -2.24. The first-order chi connectivity index (χ1) is 8.81. The molecule has 0 bridgehead atoms. The summed E-state index contributed by atoms with van der Waals surface area (Å²) in [6.07, 6.45) is 4.19. The highest BCUT2D eigenvalue weighted by Crippen LogP contribution is 2.25. The predicted molar refractivity (Wildman–Crippen MR) is 70.0 cm³/mol. The normalized spacial score (nSPS) is 22.4. The minimum absolute atomic E-state index is 0.133. The van der Waals surface area contributed by atoms with Crippen molar-refractivity contribution in [2.75, 3.05) is 13.9 Å². The zero-order chi connectivity index (χ0) is 12.8. The van der Waals surface area contributed by atoms with Gasteiger partial charge in [-0.3, -0.25) is 4.79 Å². The van der Waals surface area contributed by atoms with E-state index >= 15 is 0 Å². The molecule has 0 aromatic heterocycles. The fraction of sp³-hybridized carbons (Fsp3) is 0.400. The third-order valence-corrected chi connectivity index (χ3v) is 3.05. The smallest absolute Gasteiger partial charge is 0.161 e. The summed E-state index contributed by atoms with van der Waals surface area (Å²) in [6, 6.07) is 9.86. The molecule has 0 heterocycles. The number of carbonyl (C=O) groups excluding carboxylic acids is 1. The molecule has 0 aliphatic heterocycles. The summed E-state index contributed by atoms with van der Waals surface area (Å²) < 4.78 is 10.5. The Bertz CT molecular complexity index is 423. The van der Waals surface area contributed by atoms with Crippen LogP contribution in [0.3, 0.4) is 0 Å². The number of hydrogen-bond donors (Lipinski definition) is 0. The van der Waals surface area contributed by atoms with Crippen molar-refractivity contribution in [2.45, 2.75) is 25.4 Å². The Kier molecular flexibility index (Phi) is 4.67. The topological polar surface area (TPSA) is 35.5 Å². The van der Waals surface area contributed by atoms with Gasteiger partial charge in [-0.1, -0.05) is 30.3 Å². The molecule has 0 N–H and O–H groups in total. The second-order valence-electron chi connectivity index (χ2n) is 4.39. The van der Waals surface area contributed by atoms with Gasteiger partial charge in [-0.25, -0.2) is 0 Å². The molecule has 1 fully saturated rings. The van der Waals surface area contributed by atoms with Crippen LogP contribution in [0.1, 0.15) is 24.8 Å². The average Bonchev–Trinajstić information content (AvgIpc) is 2.41. The molecule has 1 aromatic rings. The van der Waals surface area contributed by atoms with Gasteiger partial charge in [-0.05, 0) is 24.5 Å². The highest BCUT2D eigenvalue weighted by atomic mass is 16.7. The summed E-state index contributed by atoms with van der Waals surface area (Å²) in [5.41, 5.74) is 1.80. The van der Waals surface area contributed by atoms with Gasteiger partial charge in [0.2, 0.25) is 0 Å². The Morgan fingerprint density at radius 1 is 1.33 bits per heavy atom. The van der Waals surface area contributed by atoms with Crippen molar-refractivity contribution in [3.05, 3.63) is 41.5 Å². The Hall–Kier alpha value is -1.45. The van der Waals surface area contributed by atoms with Crippen molar-refractivity contribution in [3.8, 4) is 0 Å². The number of hydrogen-bond acceptors (Lipinski definition) is 3. The Labute approximate surface area is 107 Å². The van der Waals surface area contributed by atoms with E-state index in [-0.39, 0.29) is 18.7 Å². The molecule has 1 aromatic carbocycles. The summed E-state index contributed by atoms with van der Waals surface area (Å²) in [4.78, 5) is 12.0. The standard InChI is InChI=1S/C15H18O3/c1-17-11-18-15-9-5-8-14(16)13(15)10-12-6-3-2-4-7-12/h2-4,6-7,10,15H,5,8-9,11H2,1H3. The highest BCUT2D eigenvalue weighted by molar-refractivity contribution is 6.01. The Morgan fingerprint density at radius 2 is 2.11 bits per heavy atom. The third kappa shape index (κ3) is 3.28. The summed E-state index contributed by atoms with van der Waals surface area (Å²) >= 11 is 0. The molecule has 0 radical (unpaired) electrons. The first kappa shape index (κ1) is 13.0. The largest absolute Gasteiger partial charge is 0.359 e. The van der Waals surface area contributed by atoms with Crippen LogP contribution in [0.25, 0.3) is 6.08 Å². The van der Waals surface area contributed by atoms with E-state index in [2.05, 4.69) is 0 Å². The molecule has 3 nitrogen and oxygen atoms in total. The first-order valence-electron chi connectivity index (χ1n) is 6.21. The zero-order valence-electron chi connectivity index (χ0n) is 10.6. The Morgan fingerprint density at radius 3 is 2.83 bits per heavy atom. The second kappa shape index (κ2) is 6.47. The SMILES string of the molecule is COCOC1CCCC(=O)C1=Cc1ccccc1. The van der Waals surface area contributed by atoms with E-state index in [9.17, 15) is 4.79 Å². The quantitative estimate of drug-likeness (QED) is 0.605. The van der Waals surface area contributed by atoms with Crippen LogP contribution in [0.5, 0.6) is 0 Å². The zero-order valence-corrected chi connectivity index (χ0v) is 10.6. The Balaban J connectivity index is 2.19. The number of benzene rings is 1. The van der Waals surface area contributed by atoms with Crippen molar-refractivity contribution in [2.24, 2.45) is 0 Å². The summed E-state index contributed by atoms with van der Waals surface area (Å²) in [6.45, 7) is 0.226. The molecular formula is C15H18O3. The van der Waals surface area contributed by atoms with Crippen LogP contribution < -0.4 is 0 Å². The van der Waals surface area contributed by atoms with Crippen LogP contribution in [0, 0.1) is 0 Å². The maximum absolute atomic E-state index is 12.0. The highest BCUT2D eigenvalue weighted by Gasteiger charge is 2.26. The van der Waals surface area contributed by atoms with Gasteiger partial charge >= 0.3 is 0 Å². The van der Waals surface area contributed by atoms with Gasteiger partial charge in [-0.2, -0.15) is 0 Å². The summed E-state index contributed by atoms with van der Waals surface area (Å²) in [5, 5.41) is 0. The molecule has 0 amide bonds. The van der Waals surface area contributed by atoms with Crippen molar-refractivity contribution in [1.82, 2.24) is 0 Å². The van der Waals surface area contributed by atoms with Crippen molar-refractivity contribution in [1.29, 1.82) is 0 Å². The van der Waals surface area contributed by atoms with Gasteiger partial charge in [-0.15, -0.1) is 0 Å². The number of methoxy groups -OCH3 is 1. The predicted octanol–water partition coefficient (Wildman–Crippen LogP) is 2.81. The summed E-state index contributed by atoms with van der Waals surface area (Å²) in [5.74, 6) is 0.186. The molecule has 1 atom stereocenters. The van der Waals surface area contributed by atoms with E-state index in [4.69, 9.17) is 9.47 Å². The number of ether oxygens (including phenoxy) is 2. The van der Waals surface area contributed by atoms with Crippen LogP contribution in [0.4, 0.5) is 0 Å². The second-order valence-corrected chi connectivity index (χ2v) is 4.39. The van der Waals surface area contributed by atoms with Crippen LogP contribution >= 0.6 is 0 Å². The van der Waals surface area contributed by atoms with E-state index in [1.165, 1.54) is 0 Å². The molecule has 18 heavy (non-hydrogen) atoms. The molecule has 1 saturated carbocycles. The van der Waals surface area contributed by atoms with Crippen molar-refractivity contribution < 1.29 is 14.3 Å². The fourth-order valence-corrected chi connectivity index (χ4v) is 2.15. The molecule has 1 aliphatic carbocycles. The van der Waals surface area contributed by atoms with Crippen LogP contribution in [0.15, 0.2) is 35.9 Å². The number of ketones is 1. The monoisotopic (exact) mass is 246 g/mol. The lowest BCUT2D eigenvalue weighted by Crippen LogP contribution is -2.27. The maximum atomic E-state index is 12.0. The molecule has 3 heteroatoms. The van der Waals surface area contributed by atoms with Crippen LogP contribution in [-0.4, -0.2) is 25.8 Å². The molecule has 0 saturated heterocycles. The van der Waals surface area contributed by atoms with Crippen LogP contribution in [-0.2, 0) is 14.3 Å². The van der Waals surface area contributed by atoms with Gasteiger partial charge < -0.3 is 9.47 Å². The van der Waals surface area contributed by atoms with Gasteiger partial charge in [0.1, 0.15) is 6.79 Å². The number of rotatable bonds is 4. The molecule has 96 valence electrons. The van der Waals surface area contributed by atoms with Gasteiger partial charge in [0.25, 0.3) is 0 Å². The van der Waals surface area contributed by atoms with Gasteiger partial charge in [0, 0.05) is 19.1 Å². The van der Waals surface area contributed by atoms with E-state index in [1.807, 2.05) is 36.4 Å². The molecule has 2 rings (SSSR count). The van der Waals surface area contributed by atoms with Gasteiger partial charge in [0.15, 0.2) is 5.78 Å². The number of carbonyl (C=O) groups is 1. The maximum Gasteiger partial charge on any atom is 0.161 e. The minimum Gasteiger partial charge on any atom is -0.359 e. The molecule has 1 aliphatic rings. The molecular weight excluding hydrogens is 228 g/mol. The average molecular weight is 246 g/mol. The first-order valence-corrected chi connectivity index (χ1v) is 6.21. The van der Waals surface area contributed by atoms with E-state index < -0.39 is 0 Å². The lowest BCUT2D eigenvalue weighted by atomic mass is 9.89. The fourth-order valence-electron chi connectivity index (χ4n) is 2.15. The summed E-state index contributed by atoms with van der Waals surface area (Å²) in [7, 11) is 1.59. The van der Waals surface area contributed by atoms with Crippen molar-refractivity contribution in [3.63, 3.8) is 0 Å². The molecule has 1 unspecified atom stereocenters. The minimum atomic E-state index is -0.133.